The number of rotatable bonds is 15. The minimum absolute atomic E-state index is 0.287. The Morgan fingerprint density at radius 3 is 1.68 bits per heavy atom. The summed E-state index contributed by atoms with van der Waals surface area (Å²) in [4.78, 5) is 14.1. The van der Waals surface area contributed by atoms with E-state index in [2.05, 4.69) is 11.8 Å². The fraction of sp³-hybridized carbons (Fsp3) is 0.944. The van der Waals surface area contributed by atoms with Crippen LogP contribution in [0, 0.1) is 0 Å². The lowest BCUT2D eigenvalue weighted by molar-refractivity contribution is -0.149. The third kappa shape index (κ3) is 12.3. The number of carbonyl (C=O) groups excluding carboxylic acids is 1. The van der Waals surface area contributed by atoms with Crippen molar-refractivity contribution in [2.45, 2.75) is 103 Å². The van der Waals surface area contributed by atoms with Crippen molar-refractivity contribution in [1.82, 2.24) is 4.84 Å². The molecular weight excluding hydrogens is 298 g/mol. The van der Waals surface area contributed by atoms with Crippen LogP contribution in [0.1, 0.15) is 97.8 Å². The fourth-order valence-electron chi connectivity index (χ4n) is 2.33. The zero-order valence-electron chi connectivity index (χ0n) is 14.9. The number of halogens is 1. The molecule has 0 amide bonds. The Bertz CT molecular complexity index is 270. The highest BCUT2D eigenvalue weighted by molar-refractivity contribution is 6.15. The number of ether oxygens (including phenoxy) is 1. The molecule has 0 spiro atoms. The Labute approximate surface area is 142 Å². The van der Waals surface area contributed by atoms with Crippen LogP contribution in [-0.4, -0.2) is 18.1 Å². The van der Waals surface area contributed by atoms with Crippen LogP contribution in [0.4, 0.5) is 0 Å². The van der Waals surface area contributed by atoms with E-state index in [1.807, 2.05) is 0 Å². The number of hydrogen-bond acceptors (Lipinski definition) is 3. The van der Waals surface area contributed by atoms with Crippen molar-refractivity contribution in [1.29, 1.82) is 0 Å². The SMILES string of the molecule is CCCCCCCCCCCCCCOC(=O)C(C)(C)NCl. The molecule has 0 atom stereocenters. The molecule has 0 aliphatic heterocycles. The van der Waals surface area contributed by atoms with Crippen molar-refractivity contribution in [3.63, 3.8) is 0 Å². The van der Waals surface area contributed by atoms with Gasteiger partial charge in [-0.25, -0.2) is 4.84 Å². The van der Waals surface area contributed by atoms with E-state index in [0.29, 0.717) is 6.61 Å². The Hall–Kier alpha value is -0.280. The van der Waals surface area contributed by atoms with Crippen molar-refractivity contribution in [2.24, 2.45) is 0 Å². The normalized spacial score (nSPS) is 11.6. The molecule has 1 N–H and O–H groups in total. The molecule has 0 aromatic rings. The molecule has 0 unspecified atom stereocenters. The van der Waals surface area contributed by atoms with E-state index in [1.54, 1.807) is 13.8 Å². The molecule has 0 aliphatic carbocycles. The maximum atomic E-state index is 11.6. The van der Waals surface area contributed by atoms with E-state index in [0.717, 1.165) is 12.8 Å². The minimum atomic E-state index is -0.807. The van der Waals surface area contributed by atoms with Gasteiger partial charge < -0.3 is 4.74 Å². The van der Waals surface area contributed by atoms with Crippen molar-refractivity contribution in [3.8, 4) is 0 Å². The first-order chi connectivity index (χ1) is 10.5. The molecule has 22 heavy (non-hydrogen) atoms. The summed E-state index contributed by atoms with van der Waals surface area (Å²) in [6, 6.07) is 0. The van der Waals surface area contributed by atoms with Crippen LogP contribution in [0.2, 0.25) is 0 Å². The highest BCUT2D eigenvalue weighted by Crippen LogP contribution is 2.12. The third-order valence-corrected chi connectivity index (χ3v) is 4.45. The molecule has 0 rings (SSSR count). The van der Waals surface area contributed by atoms with Gasteiger partial charge in [-0.05, 0) is 32.0 Å². The van der Waals surface area contributed by atoms with Gasteiger partial charge in [0, 0.05) is 0 Å². The van der Waals surface area contributed by atoms with Gasteiger partial charge in [-0.1, -0.05) is 77.6 Å². The van der Waals surface area contributed by atoms with Crippen LogP contribution in [-0.2, 0) is 9.53 Å². The molecule has 0 aromatic carbocycles. The van der Waals surface area contributed by atoms with E-state index in [4.69, 9.17) is 16.5 Å². The van der Waals surface area contributed by atoms with Gasteiger partial charge in [-0.3, -0.25) is 4.79 Å². The van der Waals surface area contributed by atoms with Crippen molar-refractivity contribution >= 4 is 17.7 Å². The molecule has 0 bridgehead atoms. The van der Waals surface area contributed by atoms with Crippen molar-refractivity contribution in [3.05, 3.63) is 0 Å². The quantitative estimate of drug-likeness (QED) is 0.235. The fourth-order valence-corrected chi connectivity index (χ4v) is 2.40. The maximum Gasteiger partial charge on any atom is 0.326 e. The lowest BCUT2D eigenvalue weighted by atomic mass is 10.1. The lowest BCUT2D eigenvalue weighted by Crippen LogP contribution is -2.43. The summed E-state index contributed by atoms with van der Waals surface area (Å²) in [7, 11) is 0. The second-order valence-corrected chi connectivity index (χ2v) is 6.93. The molecule has 0 saturated carbocycles. The summed E-state index contributed by atoms with van der Waals surface area (Å²) in [5.41, 5.74) is -0.807. The minimum Gasteiger partial charge on any atom is -0.464 e. The van der Waals surface area contributed by atoms with Gasteiger partial charge in [0.1, 0.15) is 5.54 Å². The summed E-state index contributed by atoms with van der Waals surface area (Å²) in [6.45, 7) is 6.18. The molecule has 132 valence electrons. The highest BCUT2D eigenvalue weighted by atomic mass is 35.5. The van der Waals surface area contributed by atoms with Gasteiger partial charge in [0.25, 0.3) is 0 Å². The van der Waals surface area contributed by atoms with Crippen LogP contribution >= 0.6 is 11.8 Å². The van der Waals surface area contributed by atoms with Crippen LogP contribution in [0.25, 0.3) is 0 Å². The smallest absolute Gasteiger partial charge is 0.326 e. The first-order valence-corrected chi connectivity index (χ1v) is 9.47. The second-order valence-electron chi connectivity index (χ2n) is 6.74. The monoisotopic (exact) mass is 333 g/mol. The summed E-state index contributed by atoms with van der Waals surface area (Å²) in [6.07, 6.45) is 15.7. The number of carbonyl (C=O) groups is 1. The van der Waals surface area contributed by atoms with Gasteiger partial charge in [0.15, 0.2) is 0 Å². The molecule has 4 heteroatoms. The third-order valence-electron chi connectivity index (χ3n) is 3.98. The average Bonchev–Trinajstić information content (AvgIpc) is 2.51. The largest absolute Gasteiger partial charge is 0.464 e. The molecule has 0 radical (unpaired) electrons. The molecule has 0 aromatic heterocycles. The first-order valence-electron chi connectivity index (χ1n) is 9.09. The predicted octanol–water partition coefficient (Wildman–Crippen LogP) is 5.75. The van der Waals surface area contributed by atoms with Gasteiger partial charge in [0.05, 0.1) is 6.61 Å². The molecular formula is C18H36ClNO2. The summed E-state index contributed by atoms with van der Waals surface area (Å²) < 4.78 is 5.20. The number of hydrogen-bond donors (Lipinski definition) is 1. The van der Waals surface area contributed by atoms with Gasteiger partial charge in [-0.2, -0.15) is 0 Å². The molecule has 0 fully saturated rings. The van der Waals surface area contributed by atoms with E-state index < -0.39 is 5.54 Å². The van der Waals surface area contributed by atoms with Gasteiger partial charge >= 0.3 is 5.97 Å². The summed E-state index contributed by atoms with van der Waals surface area (Å²) >= 11 is 5.50. The van der Waals surface area contributed by atoms with Crippen LogP contribution in [0.5, 0.6) is 0 Å². The summed E-state index contributed by atoms with van der Waals surface area (Å²) in [5, 5.41) is 0. The molecule has 0 heterocycles. The van der Waals surface area contributed by atoms with Crippen molar-refractivity contribution < 1.29 is 9.53 Å². The van der Waals surface area contributed by atoms with Crippen molar-refractivity contribution in [2.75, 3.05) is 6.61 Å². The molecule has 0 aliphatic rings. The summed E-state index contributed by atoms with van der Waals surface area (Å²) in [5.74, 6) is -0.287. The molecule has 0 saturated heterocycles. The zero-order valence-corrected chi connectivity index (χ0v) is 15.6. The van der Waals surface area contributed by atoms with E-state index >= 15 is 0 Å². The topological polar surface area (TPSA) is 38.3 Å². The van der Waals surface area contributed by atoms with E-state index in [-0.39, 0.29) is 5.97 Å². The number of unbranched alkanes of at least 4 members (excludes halogenated alkanes) is 11. The first kappa shape index (κ1) is 21.7. The Morgan fingerprint density at radius 2 is 1.27 bits per heavy atom. The maximum absolute atomic E-state index is 11.6. The van der Waals surface area contributed by atoms with E-state index in [1.165, 1.54) is 64.2 Å². The van der Waals surface area contributed by atoms with Crippen LogP contribution < -0.4 is 4.84 Å². The van der Waals surface area contributed by atoms with Crippen LogP contribution in [0.3, 0.4) is 0 Å². The standard InChI is InChI=1S/C18H36ClNO2/c1-4-5-6-7-8-9-10-11-12-13-14-15-16-22-17(21)18(2,3)20-19/h20H,4-16H2,1-3H3. The number of esters is 1. The lowest BCUT2D eigenvalue weighted by Gasteiger charge is -2.19. The van der Waals surface area contributed by atoms with Gasteiger partial charge in [-0.15, -0.1) is 0 Å². The van der Waals surface area contributed by atoms with E-state index in [9.17, 15) is 4.79 Å². The Morgan fingerprint density at radius 1 is 0.864 bits per heavy atom. The Balaban J connectivity index is 3.23. The molecule has 3 nitrogen and oxygen atoms in total. The highest BCUT2D eigenvalue weighted by Gasteiger charge is 2.27. The second kappa shape index (κ2) is 14.3. The predicted molar refractivity (Wildman–Crippen MR) is 95.1 cm³/mol. The van der Waals surface area contributed by atoms with Gasteiger partial charge in [0.2, 0.25) is 0 Å². The van der Waals surface area contributed by atoms with Crippen LogP contribution in [0.15, 0.2) is 0 Å². The zero-order chi connectivity index (χ0) is 16.7. The average molecular weight is 334 g/mol. The Kier molecular flexibility index (Phi) is 14.1. The number of nitrogens with one attached hydrogen (secondary N) is 1.